The predicted molar refractivity (Wildman–Crippen MR) is 57.7 cm³/mol. The quantitative estimate of drug-likeness (QED) is 0.492. The van der Waals surface area contributed by atoms with Crippen LogP contribution in [0, 0.1) is 0 Å². The molecule has 0 amide bonds. The summed E-state index contributed by atoms with van der Waals surface area (Å²) in [5, 5.41) is 28.7. The van der Waals surface area contributed by atoms with Crippen molar-refractivity contribution in [2.24, 2.45) is 0 Å². The van der Waals surface area contributed by atoms with Crippen molar-refractivity contribution >= 4 is 39.0 Å². The molecule has 2 rings (SSSR count). The number of aromatic hydroxyl groups is 1. The molecule has 0 spiro atoms. The number of nitrogen functional groups attached to an aromatic ring is 1. The van der Waals surface area contributed by atoms with E-state index in [2.05, 4.69) is 0 Å². The number of phenols is 1. The van der Waals surface area contributed by atoms with Crippen LogP contribution in [0.25, 0.3) is 10.1 Å². The SMILES string of the molecule is Nc1cc2c(B(O)O)ccc(O)c2s1. The fraction of sp³-hybridized carbons (Fsp3) is 0. The Morgan fingerprint density at radius 3 is 2.64 bits per heavy atom. The van der Waals surface area contributed by atoms with Gasteiger partial charge in [0.2, 0.25) is 0 Å². The zero-order valence-electron chi connectivity index (χ0n) is 7.14. The molecule has 0 saturated heterocycles. The standard InChI is InChI=1S/C8H8BNO3S/c10-7-3-4-5(9(12)13)1-2-6(11)8(4)14-7/h1-3,11-13H,10H2. The van der Waals surface area contributed by atoms with Crippen LogP contribution < -0.4 is 11.2 Å². The lowest BCUT2D eigenvalue weighted by Crippen LogP contribution is -2.29. The molecule has 0 aliphatic heterocycles. The van der Waals surface area contributed by atoms with Gasteiger partial charge in [-0.2, -0.15) is 0 Å². The van der Waals surface area contributed by atoms with Crippen molar-refractivity contribution in [2.75, 3.05) is 5.73 Å². The van der Waals surface area contributed by atoms with Gasteiger partial charge in [0.25, 0.3) is 0 Å². The van der Waals surface area contributed by atoms with E-state index >= 15 is 0 Å². The van der Waals surface area contributed by atoms with Gasteiger partial charge in [0.05, 0.1) is 9.70 Å². The molecule has 0 fully saturated rings. The van der Waals surface area contributed by atoms with E-state index < -0.39 is 7.12 Å². The second-order valence-corrected chi connectivity index (χ2v) is 4.02. The molecule has 0 unspecified atom stereocenters. The largest absolute Gasteiger partial charge is 0.506 e. The fourth-order valence-electron chi connectivity index (χ4n) is 1.37. The summed E-state index contributed by atoms with van der Waals surface area (Å²) in [5.41, 5.74) is 5.93. The van der Waals surface area contributed by atoms with Gasteiger partial charge in [-0.05, 0) is 23.0 Å². The number of fused-ring (bicyclic) bond motifs is 1. The second kappa shape index (κ2) is 3.16. The predicted octanol–water partition coefficient (Wildman–Crippen LogP) is -0.131. The van der Waals surface area contributed by atoms with E-state index in [9.17, 15) is 5.11 Å². The Morgan fingerprint density at radius 1 is 1.29 bits per heavy atom. The minimum atomic E-state index is -1.55. The van der Waals surface area contributed by atoms with Gasteiger partial charge < -0.3 is 20.9 Å². The highest BCUT2D eigenvalue weighted by Crippen LogP contribution is 2.33. The normalized spacial score (nSPS) is 10.7. The van der Waals surface area contributed by atoms with Crippen molar-refractivity contribution in [3.63, 3.8) is 0 Å². The maximum Gasteiger partial charge on any atom is 0.489 e. The van der Waals surface area contributed by atoms with Gasteiger partial charge in [-0.25, -0.2) is 0 Å². The number of hydrogen-bond acceptors (Lipinski definition) is 5. The Balaban J connectivity index is 2.81. The molecule has 1 aromatic heterocycles. The molecule has 1 aromatic carbocycles. The first kappa shape index (κ1) is 9.33. The fourth-order valence-corrected chi connectivity index (χ4v) is 2.25. The van der Waals surface area contributed by atoms with Gasteiger partial charge in [0, 0.05) is 0 Å². The van der Waals surface area contributed by atoms with Crippen LogP contribution in [0.15, 0.2) is 18.2 Å². The van der Waals surface area contributed by atoms with Gasteiger partial charge in [0.1, 0.15) is 5.75 Å². The number of phenolic OH excluding ortho intramolecular Hbond substituents is 1. The van der Waals surface area contributed by atoms with Crippen molar-refractivity contribution in [2.45, 2.75) is 0 Å². The Bertz CT molecular complexity index is 483. The Hall–Kier alpha value is -1.24. The zero-order valence-corrected chi connectivity index (χ0v) is 7.95. The van der Waals surface area contributed by atoms with Crippen LogP contribution in [0.5, 0.6) is 5.75 Å². The first-order valence-corrected chi connectivity index (χ1v) is 4.78. The summed E-state index contributed by atoms with van der Waals surface area (Å²) in [6.45, 7) is 0. The molecule has 1 heterocycles. The Labute approximate surface area is 84.4 Å². The van der Waals surface area contributed by atoms with E-state index in [0.717, 1.165) is 0 Å². The van der Waals surface area contributed by atoms with Crippen molar-refractivity contribution in [3.8, 4) is 5.75 Å². The third kappa shape index (κ3) is 1.33. The van der Waals surface area contributed by atoms with Crippen LogP contribution in [0.3, 0.4) is 0 Å². The lowest BCUT2D eigenvalue weighted by Gasteiger charge is -2.02. The van der Waals surface area contributed by atoms with Gasteiger partial charge in [-0.3, -0.25) is 0 Å². The van der Waals surface area contributed by atoms with E-state index in [1.165, 1.54) is 23.5 Å². The molecule has 0 aliphatic carbocycles. The van der Waals surface area contributed by atoms with E-state index in [1.54, 1.807) is 6.07 Å². The number of anilines is 1. The average Bonchev–Trinajstić information content (AvgIpc) is 2.47. The molecule has 14 heavy (non-hydrogen) atoms. The zero-order chi connectivity index (χ0) is 10.3. The summed E-state index contributed by atoms with van der Waals surface area (Å²) < 4.78 is 0.577. The molecule has 0 bridgehead atoms. The van der Waals surface area contributed by atoms with E-state index in [1.807, 2.05) is 0 Å². The number of hydrogen-bond donors (Lipinski definition) is 4. The number of benzene rings is 1. The van der Waals surface area contributed by atoms with Crippen LogP contribution in [-0.4, -0.2) is 22.3 Å². The van der Waals surface area contributed by atoms with Crippen molar-refractivity contribution in [3.05, 3.63) is 18.2 Å². The number of thiophene rings is 1. The van der Waals surface area contributed by atoms with Gasteiger partial charge in [-0.1, -0.05) is 6.07 Å². The van der Waals surface area contributed by atoms with Crippen molar-refractivity contribution in [1.29, 1.82) is 0 Å². The lowest BCUT2D eigenvalue weighted by atomic mass is 9.78. The molecule has 4 nitrogen and oxygen atoms in total. The molecular weight excluding hydrogens is 201 g/mol. The molecule has 0 saturated carbocycles. The lowest BCUT2D eigenvalue weighted by molar-refractivity contribution is 0.426. The first-order chi connectivity index (χ1) is 6.59. The molecular formula is C8H8BNO3S. The first-order valence-electron chi connectivity index (χ1n) is 3.96. The van der Waals surface area contributed by atoms with Crippen molar-refractivity contribution in [1.82, 2.24) is 0 Å². The van der Waals surface area contributed by atoms with Crippen LogP contribution in [0.2, 0.25) is 0 Å². The third-order valence-corrected chi connectivity index (χ3v) is 2.98. The molecule has 0 radical (unpaired) electrons. The number of nitrogens with two attached hydrogens (primary N) is 1. The monoisotopic (exact) mass is 209 g/mol. The topological polar surface area (TPSA) is 86.7 Å². The molecule has 0 atom stereocenters. The van der Waals surface area contributed by atoms with Crippen LogP contribution in [0.1, 0.15) is 0 Å². The van der Waals surface area contributed by atoms with Crippen LogP contribution >= 0.6 is 11.3 Å². The van der Waals surface area contributed by atoms with Gasteiger partial charge in [0.15, 0.2) is 0 Å². The molecule has 6 heteroatoms. The summed E-state index contributed by atoms with van der Waals surface area (Å²) in [4.78, 5) is 0. The molecule has 72 valence electrons. The van der Waals surface area contributed by atoms with Gasteiger partial charge in [-0.15, -0.1) is 11.3 Å². The highest BCUT2D eigenvalue weighted by atomic mass is 32.1. The van der Waals surface area contributed by atoms with E-state index in [0.29, 0.717) is 20.6 Å². The smallest absolute Gasteiger partial charge is 0.489 e. The molecule has 2 aromatic rings. The summed E-state index contributed by atoms with van der Waals surface area (Å²) >= 11 is 1.22. The van der Waals surface area contributed by atoms with E-state index in [-0.39, 0.29) is 5.75 Å². The third-order valence-electron chi connectivity index (χ3n) is 1.99. The Morgan fingerprint density at radius 2 is 2.00 bits per heavy atom. The molecule has 5 N–H and O–H groups in total. The summed E-state index contributed by atoms with van der Waals surface area (Å²) in [7, 11) is -1.55. The molecule has 0 aliphatic rings. The minimum Gasteiger partial charge on any atom is -0.506 e. The summed E-state index contributed by atoms with van der Waals surface area (Å²) in [6.07, 6.45) is 0. The highest BCUT2D eigenvalue weighted by molar-refractivity contribution is 7.23. The van der Waals surface area contributed by atoms with Crippen LogP contribution in [0.4, 0.5) is 5.00 Å². The Kier molecular flexibility index (Phi) is 2.11. The highest BCUT2D eigenvalue weighted by Gasteiger charge is 2.17. The number of rotatable bonds is 1. The summed E-state index contributed by atoms with van der Waals surface area (Å²) in [5.74, 6) is 0.103. The maximum absolute atomic E-state index is 9.48. The maximum atomic E-state index is 9.48. The van der Waals surface area contributed by atoms with Gasteiger partial charge >= 0.3 is 7.12 Å². The average molecular weight is 209 g/mol. The minimum absolute atomic E-state index is 0.103. The van der Waals surface area contributed by atoms with E-state index in [4.69, 9.17) is 15.8 Å². The summed E-state index contributed by atoms with van der Waals surface area (Å²) in [6, 6.07) is 4.51. The van der Waals surface area contributed by atoms with Crippen molar-refractivity contribution < 1.29 is 15.2 Å². The second-order valence-electron chi connectivity index (χ2n) is 2.94. The van der Waals surface area contributed by atoms with Crippen LogP contribution in [-0.2, 0) is 0 Å².